The molecule has 0 radical (unpaired) electrons. The first-order valence-electron chi connectivity index (χ1n) is 4.67. The Bertz CT molecular complexity index is 471. The van der Waals surface area contributed by atoms with Crippen LogP contribution in [0.4, 0.5) is 0 Å². The Morgan fingerprint density at radius 2 is 1.88 bits per heavy atom. The zero-order chi connectivity index (χ0) is 11.8. The van der Waals surface area contributed by atoms with E-state index in [0.29, 0.717) is 5.56 Å². The predicted octanol–water partition coefficient (Wildman–Crippen LogP) is 0.893. The monoisotopic (exact) mass is 237 g/mol. The van der Waals surface area contributed by atoms with Crippen molar-refractivity contribution in [2.24, 2.45) is 0 Å². The van der Waals surface area contributed by atoms with Crippen LogP contribution in [0.1, 0.15) is 16.8 Å². The fourth-order valence-electron chi connectivity index (χ4n) is 1.57. The highest BCUT2D eigenvalue weighted by Gasteiger charge is 2.51. The van der Waals surface area contributed by atoms with E-state index in [2.05, 4.69) is 0 Å². The summed E-state index contributed by atoms with van der Waals surface area (Å²) in [7, 11) is 0. The van der Waals surface area contributed by atoms with Crippen LogP contribution in [0.25, 0.3) is 0 Å². The Hall–Kier alpha value is -1.68. The average Bonchev–Trinajstić information content (AvgIpc) is 2.54. The van der Waals surface area contributed by atoms with Gasteiger partial charge in [0.2, 0.25) is 5.91 Å². The topological polar surface area (TPSA) is 63.2 Å². The number of halogens is 1. The Kier molecular flexibility index (Phi) is 2.52. The highest BCUT2D eigenvalue weighted by Crippen LogP contribution is 2.29. The normalized spacial score (nSPS) is 24.3. The molecule has 0 spiro atoms. The summed E-state index contributed by atoms with van der Waals surface area (Å²) in [5.74, 6) is -1.81. The fourth-order valence-corrected chi connectivity index (χ4v) is 1.85. The van der Waals surface area contributed by atoms with E-state index >= 15 is 0 Å². The van der Waals surface area contributed by atoms with Gasteiger partial charge in [0, 0.05) is 5.56 Å². The van der Waals surface area contributed by atoms with Gasteiger partial charge in [-0.1, -0.05) is 41.9 Å². The molecule has 1 N–H and O–H groups in total. The van der Waals surface area contributed by atoms with E-state index in [1.807, 2.05) is 5.32 Å². The van der Waals surface area contributed by atoms with Crippen LogP contribution in [0, 0.1) is 0 Å². The second-order valence-corrected chi connectivity index (χ2v) is 4.20. The van der Waals surface area contributed by atoms with Crippen molar-refractivity contribution < 1.29 is 14.4 Å². The molecule has 1 atom stereocenters. The second kappa shape index (κ2) is 3.72. The Morgan fingerprint density at radius 3 is 2.38 bits per heavy atom. The van der Waals surface area contributed by atoms with E-state index in [-0.39, 0.29) is 6.42 Å². The molecule has 82 valence electrons. The maximum absolute atomic E-state index is 12.0. The van der Waals surface area contributed by atoms with Crippen molar-refractivity contribution in [3.63, 3.8) is 0 Å². The van der Waals surface area contributed by atoms with Crippen LogP contribution >= 0.6 is 11.6 Å². The van der Waals surface area contributed by atoms with Gasteiger partial charge in [0.05, 0.1) is 6.42 Å². The number of Topliss-reactive ketones (excluding diaryl/α,β-unsaturated/α-hetero) is 1. The summed E-state index contributed by atoms with van der Waals surface area (Å²) in [5, 5.41) is 2.03. The van der Waals surface area contributed by atoms with Gasteiger partial charge in [-0.05, 0) is 0 Å². The van der Waals surface area contributed by atoms with Crippen LogP contribution in [0.2, 0.25) is 0 Å². The fraction of sp³-hybridized carbons (Fsp3) is 0.182. The van der Waals surface area contributed by atoms with Gasteiger partial charge in [-0.3, -0.25) is 19.7 Å². The number of alkyl halides is 1. The van der Waals surface area contributed by atoms with Crippen molar-refractivity contribution in [3.8, 4) is 0 Å². The van der Waals surface area contributed by atoms with Crippen molar-refractivity contribution in [1.82, 2.24) is 5.32 Å². The second-order valence-electron chi connectivity index (χ2n) is 3.55. The molecule has 2 amide bonds. The molecule has 4 nitrogen and oxygen atoms in total. The Morgan fingerprint density at radius 1 is 1.25 bits per heavy atom. The lowest BCUT2D eigenvalue weighted by molar-refractivity contribution is -0.125. The van der Waals surface area contributed by atoms with Gasteiger partial charge in [-0.25, -0.2) is 0 Å². The molecule has 1 heterocycles. The molecule has 1 saturated heterocycles. The lowest BCUT2D eigenvalue weighted by Gasteiger charge is -2.14. The van der Waals surface area contributed by atoms with Crippen LogP contribution in [0.3, 0.4) is 0 Å². The zero-order valence-corrected chi connectivity index (χ0v) is 8.95. The lowest BCUT2D eigenvalue weighted by Crippen LogP contribution is -2.40. The molecule has 1 aliphatic rings. The molecule has 1 aromatic carbocycles. The van der Waals surface area contributed by atoms with Gasteiger partial charge in [0.15, 0.2) is 10.7 Å². The number of benzene rings is 1. The van der Waals surface area contributed by atoms with Crippen LogP contribution in [0.15, 0.2) is 30.3 Å². The van der Waals surface area contributed by atoms with Crippen LogP contribution in [0.5, 0.6) is 0 Å². The van der Waals surface area contributed by atoms with E-state index in [9.17, 15) is 14.4 Å². The molecule has 0 aromatic heterocycles. The number of rotatable bonds is 2. The SMILES string of the molecule is O=C1CC(Cl)(C(=O)c2ccccc2)C(=O)N1. The number of nitrogens with one attached hydrogen (secondary N) is 1. The van der Waals surface area contributed by atoms with Crippen LogP contribution in [-0.2, 0) is 9.59 Å². The molecule has 16 heavy (non-hydrogen) atoms. The van der Waals surface area contributed by atoms with Gasteiger partial charge >= 0.3 is 0 Å². The number of hydrogen-bond donors (Lipinski definition) is 1. The maximum atomic E-state index is 12.0. The summed E-state index contributed by atoms with van der Waals surface area (Å²) >= 11 is 5.92. The first-order chi connectivity index (χ1) is 7.54. The smallest absolute Gasteiger partial charge is 0.256 e. The number of carbonyl (C=O) groups is 3. The summed E-state index contributed by atoms with van der Waals surface area (Å²) in [6, 6.07) is 8.20. The van der Waals surface area contributed by atoms with E-state index in [1.54, 1.807) is 30.3 Å². The predicted molar refractivity (Wildman–Crippen MR) is 57.1 cm³/mol. The number of hydrogen-bond acceptors (Lipinski definition) is 3. The third-order valence-electron chi connectivity index (χ3n) is 2.41. The van der Waals surface area contributed by atoms with Crippen molar-refractivity contribution in [1.29, 1.82) is 0 Å². The first kappa shape index (κ1) is 10.8. The largest absolute Gasteiger partial charge is 0.294 e. The minimum absolute atomic E-state index is 0.304. The lowest BCUT2D eigenvalue weighted by atomic mass is 9.95. The van der Waals surface area contributed by atoms with Crippen molar-refractivity contribution in [3.05, 3.63) is 35.9 Å². The third kappa shape index (κ3) is 1.61. The van der Waals surface area contributed by atoms with Gasteiger partial charge in [-0.15, -0.1) is 0 Å². The van der Waals surface area contributed by atoms with E-state index < -0.39 is 22.5 Å². The van der Waals surface area contributed by atoms with E-state index in [1.165, 1.54) is 0 Å². The average molecular weight is 238 g/mol. The number of imide groups is 1. The highest BCUT2D eigenvalue weighted by atomic mass is 35.5. The zero-order valence-electron chi connectivity index (χ0n) is 8.20. The first-order valence-corrected chi connectivity index (χ1v) is 5.05. The maximum Gasteiger partial charge on any atom is 0.256 e. The summed E-state index contributed by atoms with van der Waals surface area (Å²) < 4.78 is 0. The van der Waals surface area contributed by atoms with Crippen LogP contribution < -0.4 is 5.32 Å². The highest BCUT2D eigenvalue weighted by molar-refractivity contribution is 6.52. The standard InChI is InChI=1S/C11H8ClNO3/c12-11(6-8(14)13-10(11)16)9(15)7-4-2-1-3-5-7/h1-5H,6H2,(H,13,14,16). The molecule has 5 heteroatoms. The molecule has 1 fully saturated rings. The van der Waals surface area contributed by atoms with Gasteiger partial charge in [0.1, 0.15) is 0 Å². The van der Waals surface area contributed by atoms with Gasteiger partial charge in [0.25, 0.3) is 5.91 Å². The minimum atomic E-state index is -1.78. The Labute approximate surface area is 96.6 Å². The Balaban J connectivity index is 2.36. The third-order valence-corrected chi connectivity index (χ3v) is 2.89. The van der Waals surface area contributed by atoms with E-state index in [0.717, 1.165) is 0 Å². The molecule has 0 aliphatic carbocycles. The summed E-state index contributed by atoms with van der Waals surface area (Å²) in [6.07, 6.45) is -0.304. The number of carbonyl (C=O) groups excluding carboxylic acids is 3. The van der Waals surface area contributed by atoms with Gasteiger partial charge in [-0.2, -0.15) is 0 Å². The van der Waals surface area contributed by atoms with Crippen LogP contribution in [-0.4, -0.2) is 22.5 Å². The molecular formula is C11H8ClNO3. The molecule has 1 aliphatic heterocycles. The molecular weight excluding hydrogens is 230 g/mol. The number of ketones is 1. The molecule has 2 rings (SSSR count). The summed E-state index contributed by atoms with van der Waals surface area (Å²) in [4.78, 5) is 32.7. The van der Waals surface area contributed by atoms with Gasteiger partial charge < -0.3 is 0 Å². The summed E-state index contributed by atoms with van der Waals surface area (Å²) in [5.41, 5.74) is 0.322. The summed E-state index contributed by atoms with van der Waals surface area (Å²) in [6.45, 7) is 0. The molecule has 1 unspecified atom stereocenters. The number of amides is 2. The molecule has 0 bridgehead atoms. The van der Waals surface area contributed by atoms with Crippen molar-refractivity contribution >= 4 is 29.2 Å². The molecule has 1 aromatic rings. The van der Waals surface area contributed by atoms with Crippen molar-refractivity contribution in [2.45, 2.75) is 11.3 Å². The quantitative estimate of drug-likeness (QED) is 0.360. The van der Waals surface area contributed by atoms with E-state index in [4.69, 9.17) is 11.6 Å². The molecule has 0 saturated carbocycles. The minimum Gasteiger partial charge on any atom is -0.294 e. The van der Waals surface area contributed by atoms with Crippen molar-refractivity contribution in [2.75, 3.05) is 0 Å².